The predicted octanol–water partition coefficient (Wildman–Crippen LogP) is 22.5. The Morgan fingerprint density at radius 3 is 0.944 bits per heavy atom. The van der Waals surface area contributed by atoms with Gasteiger partial charge in [0.1, 0.15) is 24.4 Å². The first-order valence-electron chi connectivity index (χ1n) is 39.7. The maximum atomic E-state index is 13.2. The van der Waals surface area contributed by atoms with Gasteiger partial charge in [0.25, 0.3) is 0 Å². The van der Waals surface area contributed by atoms with Crippen LogP contribution in [0.3, 0.4) is 0 Å². The fraction of sp³-hybridized carbons (Fsp3) is 0.912. The molecule has 1 amide bonds. The maximum Gasteiger partial charge on any atom is 0.220 e. The van der Waals surface area contributed by atoms with Crippen molar-refractivity contribution in [2.24, 2.45) is 0 Å². The molecule has 0 spiro atoms. The van der Waals surface area contributed by atoms with Crippen molar-refractivity contribution in [3.8, 4) is 0 Å². The van der Waals surface area contributed by atoms with Crippen LogP contribution in [0, 0.1) is 0 Å². The second-order valence-electron chi connectivity index (χ2n) is 27.9. The van der Waals surface area contributed by atoms with E-state index in [9.17, 15) is 30.3 Å². The van der Waals surface area contributed by atoms with E-state index >= 15 is 0 Å². The molecule has 0 aliphatic carbocycles. The van der Waals surface area contributed by atoms with Crippen molar-refractivity contribution in [3.05, 3.63) is 36.5 Å². The zero-order valence-corrected chi connectivity index (χ0v) is 59.2. The number of hydrogen-bond donors (Lipinski definition) is 6. The molecule has 1 fully saturated rings. The standard InChI is InChI=1S/C80H153NO8/c1-3-5-7-9-11-13-15-17-19-21-23-25-27-29-31-33-35-36-37-38-39-40-42-44-46-48-50-52-54-56-58-60-62-64-66-68-70-76(84)81-73(72-88-80-79(87)78(86)77(85)75(71-82)89-80)74(83)69-67-65-63-61-59-57-55-53-51-49-47-45-43-41-34-32-30-28-26-24-22-20-18-16-14-12-10-8-6-4-2/h51,53,59,61,67,69,73-75,77-80,82-83,85-87H,3-50,52,54-58,60,62-66,68,70-72H2,1-2H3,(H,81,84)/b53-51+,61-59+,69-67+. The fourth-order valence-corrected chi connectivity index (χ4v) is 13.0. The third-order valence-electron chi connectivity index (χ3n) is 19.2. The first kappa shape index (κ1) is 85.4. The second-order valence-corrected chi connectivity index (χ2v) is 27.9. The third kappa shape index (κ3) is 57.6. The first-order chi connectivity index (χ1) is 43.8. The van der Waals surface area contributed by atoms with Gasteiger partial charge in [-0.15, -0.1) is 0 Å². The number of aliphatic hydroxyl groups excluding tert-OH is 5. The monoisotopic (exact) mass is 1260 g/mol. The van der Waals surface area contributed by atoms with Crippen LogP contribution in [0.4, 0.5) is 0 Å². The average Bonchev–Trinajstić information content (AvgIpc) is 2.42. The molecule has 6 N–H and O–H groups in total. The van der Waals surface area contributed by atoms with Gasteiger partial charge in [-0.25, -0.2) is 0 Å². The average molecular weight is 1260 g/mol. The lowest BCUT2D eigenvalue weighted by molar-refractivity contribution is -0.302. The van der Waals surface area contributed by atoms with Crippen molar-refractivity contribution in [1.29, 1.82) is 0 Å². The molecule has 1 heterocycles. The molecule has 9 nitrogen and oxygen atoms in total. The number of rotatable bonds is 71. The lowest BCUT2D eigenvalue weighted by Gasteiger charge is -2.40. The Balaban J connectivity index is 2.08. The summed E-state index contributed by atoms with van der Waals surface area (Å²) in [5, 5.41) is 54.8. The molecule has 7 unspecified atom stereocenters. The summed E-state index contributed by atoms with van der Waals surface area (Å²) in [7, 11) is 0. The number of hydrogen-bond acceptors (Lipinski definition) is 8. The van der Waals surface area contributed by atoms with Gasteiger partial charge in [0.2, 0.25) is 5.91 Å². The highest BCUT2D eigenvalue weighted by Gasteiger charge is 2.44. The number of aliphatic hydroxyl groups is 5. The highest BCUT2D eigenvalue weighted by atomic mass is 16.7. The van der Waals surface area contributed by atoms with Gasteiger partial charge in [-0.05, 0) is 44.9 Å². The Morgan fingerprint density at radius 1 is 0.371 bits per heavy atom. The van der Waals surface area contributed by atoms with E-state index in [1.54, 1.807) is 6.08 Å². The molecule has 1 aliphatic rings. The summed E-state index contributed by atoms with van der Waals surface area (Å²) in [4.78, 5) is 13.2. The van der Waals surface area contributed by atoms with Gasteiger partial charge in [0.05, 0.1) is 25.4 Å². The minimum absolute atomic E-state index is 0.182. The molecule has 0 aromatic heterocycles. The van der Waals surface area contributed by atoms with E-state index < -0.39 is 49.5 Å². The SMILES string of the molecule is CCCCCCCCCCCCCCCCCCCCCC/C=C/CC/C=C/CC/C=C/C(O)C(COC1OC(CO)C(O)C(O)C1O)NC(=O)CCCCCCCCCCCCCCCCCCCCCCCCCCCCCCCCCCCCCC. The number of nitrogens with one attached hydrogen (secondary N) is 1. The largest absolute Gasteiger partial charge is 0.394 e. The van der Waals surface area contributed by atoms with Crippen LogP contribution >= 0.6 is 0 Å². The van der Waals surface area contributed by atoms with Crippen molar-refractivity contribution in [3.63, 3.8) is 0 Å². The zero-order valence-electron chi connectivity index (χ0n) is 59.2. The van der Waals surface area contributed by atoms with Crippen LogP contribution in [0.5, 0.6) is 0 Å². The summed E-state index contributed by atoms with van der Waals surface area (Å²) in [5.74, 6) is -0.182. The molecule has 7 atom stereocenters. The van der Waals surface area contributed by atoms with E-state index in [4.69, 9.17) is 9.47 Å². The molecule has 89 heavy (non-hydrogen) atoms. The molecule has 0 radical (unpaired) electrons. The van der Waals surface area contributed by atoms with Crippen molar-refractivity contribution in [2.75, 3.05) is 13.2 Å². The molecule has 1 rings (SSSR count). The molecular formula is C80H153NO8. The topological polar surface area (TPSA) is 149 Å². The lowest BCUT2D eigenvalue weighted by Crippen LogP contribution is -2.60. The van der Waals surface area contributed by atoms with Gasteiger partial charge in [-0.1, -0.05) is 397 Å². The van der Waals surface area contributed by atoms with Crippen molar-refractivity contribution in [1.82, 2.24) is 5.32 Å². The summed E-state index contributed by atoms with van der Waals surface area (Å²) in [6.45, 7) is 3.83. The number of ether oxygens (including phenoxy) is 2. The Bertz CT molecular complexity index is 1500. The highest BCUT2D eigenvalue weighted by Crippen LogP contribution is 2.24. The van der Waals surface area contributed by atoms with E-state index in [-0.39, 0.29) is 12.5 Å². The Kier molecular flexibility index (Phi) is 66.5. The number of allylic oxidation sites excluding steroid dienone is 5. The van der Waals surface area contributed by atoms with E-state index in [1.165, 1.54) is 347 Å². The summed E-state index contributed by atoms with van der Waals surface area (Å²) in [6, 6.07) is -0.829. The number of carbonyl (C=O) groups is 1. The Hall–Kier alpha value is -1.59. The van der Waals surface area contributed by atoms with Gasteiger partial charge in [0, 0.05) is 6.42 Å². The van der Waals surface area contributed by atoms with Crippen LogP contribution in [0.25, 0.3) is 0 Å². The molecule has 0 bridgehead atoms. The summed E-state index contributed by atoms with van der Waals surface area (Å²) in [5.41, 5.74) is 0. The van der Waals surface area contributed by atoms with Crippen molar-refractivity contribution >= 4 is 5.91 Å². The highest BCUT2D eigenvalue weighted by molar-refractivity contribution is 5.76. The third-order valence-corrected chi connectivity index (χ3v) is 19.2. The Morgan fingerprint density at radius 2 is 0.640 bits per heavy atom. The summed E-state index contributed by atoms with van der Waals surface area (Å²) < 4.78 is 11.3. The van der Waals surface area contributed by atoms with Gasteiger partial charge < -0.3 is 40.3 Å². The molecule has 9 heteroatoms. The van der Waals surface area contributed by atoms with Crippen molar-refractivity contribution in [2.45, 2.75) is 455 Å². The minimum atomic E-state index is -1.58. The van der Waals surface area contributed by atoms with E-state index in [2.05, 4.69) is 43.5 Å². The molecule has 0 aromatic carbocycles. The number of amides is 1. The van der Waals surface area contributed by atoms with Crippen LogP contribution in [0.2, 0.25) is 0 Å². The van der Waals surface area contributed by atoms with Crippen LogP contribution in [0.1, 0.15) is 412 Å². The smallest absolute Gasteiger partial charge is 0.220 e. The zero-order chi connectivity index (χ0) is 64.2. The summed E-state index contributed by atoms with van der Waals surface area (Å²) >= 11 is 0. The van der Waals surface area contributed by atoms with Gasteiger partial charge in [-0.3, -0.25) is 4.79 Å². The van der Waals surface area contributed by atoms with Crippen LogP contribution in [-0.4, -0.2) is 87.5 Å². The molecule has 1 saturated heterocycles. The minimum Gasteiger partial charge on any atom is -0.394 e. The van der Waals surface area contributed by atoms with E-state index in [0.717, 1.165) is 44.9 Å². The summed E-state index contributed by atoms with van der Waals surface area (Å²) in [6.07, 6.45) is 87.4. The normalized spacial score (nSPS) is 17.9. The van der Waals surface area contributed by atoms with Crippen LogP contribution in [0.15, 0.2) is 36.5 Å². The van der Waals surface area contributed by atoms with Crippen LogP contribution < -0.4 is 5.32 Å². The molecule has 526 valence electrons. The molecular weight excluding hydrogens is 1100 g/mol. The molecule has 0 saturated carbocycles. The number of unbranched alkanes of at least 4 members (excludes halogenated alkanes) is 57. The fourth-order valence-electron chi connectivity index (χ4n) is 13.0. The van der Waals surface area contributed by atoms with E-state index in [0.29, 0.717) is 6.42 Å². The predicted molar refractivity (Wildman–Crippen MR) is 383 cm³/mol. The second kappa shape index (κ2) is 69.2. The number of carbonyl (C=O) groups excluding carboxylic acids is 1. The van der Waals surface area contributed by atoms with Crippen LogP contribution in [-0.2, 0) is 14.3 Å². The van der Waals surface area contributed by atoms with Gasteiger partial charge in [-0.2, -0.15) is 0 Å². The quantitative estimate of drug-likeness (QED) is 0.0261. The first-order valence-corrected chi connectivity index (χ1v) is 39.7. The molecule has 0 aromatic rings. The van der Waals surface area contributed by atoms with Crippen molar-refractivity contribution < 1.29 is 39.8 Å². The van der Waals surface area contributed by atoms with Gasteiger partial charge in [0.15, 0.2) is 6.29 Å². The van der Waals surface area contributed by atoms with Gasteiger partial charge >= 0.3 is 0 Å². The van der Waals surface area contributed by atoms with E-state index in [1.807, 2.05) is 6.08 Å². The lowest BCUT2D eigenvalue weighted by atomic mass is 9.99. The maximum absolute atomic E-state index is 13.2. The molecule has 1 aliphatic heterocycles. The Labute approximate surface area is 552 Å².